The fraction of sp³-hybridized carbons (Fsp3) is 1.00. The molecule has 0 aliphatic carbocycles. The van der Waals surface area contributed by atoms with E-state index < -0.39 is 0 Å². The molecule has 0 aromatic heterocycles. The Morgan fingerprint density at radius 1 is 1.11 bits per heavy atom. The second-order valence-electron chi connectivity index (χ2n) is 4.03. The summed E-state index contributed by atoms with van der Waals surface area (Å²) in [5.41, 5.74) is 4.50. The Morgan fingerprint density at radius 2 is 1.61 bits per heavy atom. The number of ether oxygens (including phenoxy) is 1. The van der Waals surface area contributed by atoms with Crippen molar-refractivity contribution in [1.29, 1.82) is 0 Å². The molecule has 2 rings (SSSR count). The maximum atomic E-state index is 5.33. The second-order valence-corrected chi connectivity index (χ2v) is 4.03. The number of rotatable bonds is 2. The molecule has 0 aromatic carbocycles. The number of nitrogens with two attached hydrogens (primary N) is 1. The minimum absolute atomic E-state index is 0. The van der Waals surface area contributed by atoms with Crippen LogP contribution in [-0.4, -0.2) is 57.9 Å². The van der Waals surface area contributed by atoms with Crippen molar-refractivity contribution in [3.05, 3.63) is 5.32 Å². The van der Waals surface area contributed by atoms with Gasteiger partial charge in [-0.2, -0.15) is 0 Å². The zero-order valence-electron chi connectivity index (χ0n) is 12.8. The molecule has 4 nitrogen and oxygen atoms in total. The van der Waals surface area contributed by atoms with Crippen LogP contribution in [-0.2, 0) is 4.74 Å². The Bertz CT molecular complexity index is 133. The summed E-state index contributed by atoms with van der Waals surface area (Å²) in [5.74, 6) is 0.899. The summed E-state index contributed by atoms with van der Waals surface area (Å²) < 4.78 is 5.33. The van der Waals surface area contributed by atoms with Crippen molar-refractivity contribution in [2.45, 2.75) is 26.7 Å². The van der Waals surface area contributed by atoms with Gasteiger partial charge in [-0.1, -0.05) is 26.7 Å². The van der Waals surface area contributed by atoms with E-state index in [4.69, 9.17) is 4.74 Å². The molecule has 2 saturated heterocycles. The first-order valence-electron chi connectivity index (χ1n) is 6.96. The standard InChI is InChI=1S/C10H19N2O.C2H6.CH5N.K/c1-3-11-4-2-10(1)9-12-5-7-13-8-6-12;2*1-2;/h10H,1-9H2;1-2H3;2H2,1H3;/q-1;;;+1. The summed E-state index contributed by atoms with van der Waals surface area (Å²) in [6, 6.07) is 0. The molecule has 0 spiro atoms. The van der Waals surface area contributed by atoms with E-state index in [-0.39, 0.29) is 51.4 Å². The molecule has 0 radical (unpaired) electrons. The van der Waals surface area contributed by atoms with Gasteiger partial charge in [0.1, 0.15) is 0 Å². The summed E-state index contributed by atoms with van der Waals surface area (Å²) in [7, 11) is 1.50. The Labute approximate surface area is 156 Å². The summed E-state index contributed by atoms with van der Waals surface area (Å²) in [5, 5.41) is 4.38. The van der Waals surface area contributed by atoms with E-state index in [2.05, 4.69) is 16.0 Å². The Hall–Kier alpha value is 1.48. The van der Waals surface area contributed by atoms with Gasteiger partial charge in [-0.15, -0.1) is 13.1 Å². The molecule has 2 heterocycles. The number of hydrogen-bond donors (Lipinski definition) is 1. The van der Waals surface area contributed by atoms with Crippen LogP contribution in [0.5, 0.6) is 0 Å². The molecular weight excluding hydrogens is 253 g/mol. The molecule has 0 aromatic rings. The summed E-state index contributed by atoms with van der Waals surface area (Å²) >= 11 is 0. The maximum Gasteiger partial charge on any atom is 1.00 e. The molecule has 18 heavy (non-hydrogen) atoms. The molecule has 2 aliphatic rings. The molecule has 2 N–H and O–H groups in total. The van der Waals surface area contributed by atoms with Crippen molar-refractivity contribution in [1.82, 2.24) is 4.90 Å². The number of morpholine rings is 1. The predicted octanol–water partition coefficient (Wildman–Crippen LogP) is -1.29. The predicted molar refractivity (Wildman–Crippen MR) is 74.5 cm³/mol. The first-order chi connectivity index (χ1) is 8.45. The van der Waals surface area contributed by atoms with Crippen LogP contribution in [0.25, 0.3) is 5.32 Å². The third-order valence-electron chi connectivity index (χ3n) is 3.01. The molecule has 2 fully saturated rings. The van der Waals surface area contributed by atoms with Crippen molar-refractivity contribution in [2.75, 3.05) is 53.0 Å². The SMILES string of the molecule is C1CC(CN2CCOCC2)CC[N-]1.CC.CN.[K+]. The van der Waals surface area contributed by atoms with Crippen molar-refractivity contribution >= 4 is 0 Å². The monoisotopic (exact) mass is 283 g/mol. The van der Waals surface area contributed by atoms with E-state index in [1.165, 1.54) is 26.4 Å². The third kappa shape index (κ3) is 10.3. The van der Waals surface area contributed by atoms with E-state index in [1.54, 1.807) is 0 Å². The van der Waals surface area contributed by atoms with Gasteiger partial charge in [0.25, 0.3) is 0 Å². The van der Waals surface area contributed by atoms with Crippen LogP contribution >= 0.6 is 0 Å². The minimum atomic E-state index is 0. The fourth-order valence-electron chi connectivity index (χ4n) is 2.14. The third-order valence-corrected chi connectivity index (χ3v) is 3.01. The van der Waals surface area contributed by atoms with Gasteiger partial charge in [-0.3, -0.25) is 4.90 Å². The second kappa shape index (κ2) is 16.5. The molecule has 0 bridgehead atoms. The van der Waals surface area contributed by atoms with Crippen LogP contribution in [0.4, 0.5) is 0 Å². The van der Waals surface area contributed by atoms with Gasteiger partial charge in [0.2, 0.25) is 0 Å². The summed E-state index contributed by atoms with van der Waals surface area (Å²) in [6.07, 6.45) is 2.61. The Morgan fingerprint density at radius 3 is 2.11 bits per heavy atom. The zero-order valence-corrected chi connectivity index (χ0v) is 15.9. The molecule has 104 valence electrons. The topological polar surface area (TPSA) is 52.6 Å². The quantitative estimate of drug-likeness (QED) is 0.642. The average Bonchev–Trinajstić information content (AvgIpc) is 2.45. The molecule has 0 saturated carbocycles. The van der Waals surface area contributed by atoms with Gasteiger partial charge in [0.05, 0.1) is 13.2 Å². The van der Waals surface area contributed by atoms with Crippen LogP contribution < -0.4 is 57.1 Å². The molecular formula is C13H30KN3O. The number of piperidine rings is 1. The number of hydrogen-bond acceptors (Lipinski definition) is 3. The molecule has 2 aliphatic heterocycles. The summed E-state index contributed by atoms with van der Waals surface area (Å²) in [4.78, 5) is 2.54. The van der Waals surface area contributed by atoms with Crippen LogP contribution in [0.3, 0.4) is 0 Å². The Balaban J connectivity index is 0. The van der Waals surface area contributed by atoms with Gasteiger partial charge in [0.15, 0.2) is 0 Å². The van der Waals surface area contributed by atoms with Crippen molar-refractivity contribution in [3.63, 3.8) is 0 Å². The zero-order chi connectivity index (χ0) is 12.9. The van der Waals surface area contributed by atoms with Crippen LogP contribution in [0.15, 0.2) is 0 Å². The molecule has 0 unspecified atom stereocenters. The molecule has 0 atom stereocenters. The van der Waals surface area contributed by atoms with Crippen molar-refractivity contribution in [2.24, 2.45) is 11.7 Å². The van der Waals surface area contributed by atoms with Crippen LogP contribution in [0.1, 0.15) is 26.7 Å². The first-order valence-corrected chi connectivity index (χ1v) is 6.96. The van der Waals surface area contributed by atoms with E-state index in [9.17, 15) is 0 Å². The number of nitrogens with zero attached hydrogens (tertiary/aromatic N) is 2. The van der Waals surface area contributed by atoms with Gasteiger partial charge in [-0.05, 0) is 13.0 Å². The average molecular weight is 284 g/mol. The van der Waals surface area contributed by atoms with E-state index in [0.717, 1.165) is 45.3 Å². The van der Waals surface area contributed by atoms with Crippen molar-refractivity contribution in [3.8, 4) is 0 Å². The first kappa shape index (κ1) is 21.8. The smallest absolute Gasteiger partial charge is 0.662 e. The minimum Gasteiger partial charge on any atom is -0.662 e. The fourth-order valence-corrected chi connectivity index (χ4v) is 2.14. The normalized spacial score (nSPS) is 20.7. The maximum absolute atomic E-state index is 5.33. The van der Waals surface area contributed by atoms with E-state index >= 15 is 0 Å². The Kier molecular flexibility index (Phi) is 20.0. The van der Waals surface area contributed by atoms with E-state index in [0.29, 0.717) is 0 Å². The van der Waals surface area contributed by atoms with Crippen LogP contribution in [0.2, 0.25) is 0 Å². The van der Waals surface area contributed by atoms with Gasteiger partial charge in [0, 0.05) is 19.6 Å². The van der Waals surface area contributed by atoms with Gasteiger partial charge < -0.3 is 15.8 Å². The molecule has 0 amide bonds. The van der Waals surface area contributed by atoms with Gasteiger partial charge in [-0.25, -0.2) is 0 Å². The summed E-state index contributed by atoms with van der Waals surface area (Å²) in [6.45, 7) is 11.6. The van der Waals surface area contributed by atoms with E-state index in [1.807, 2.05) is 13.8 Å². The van der Waals surface area contributed by atoms with Crippen molar-refractivity contribution < 1.29 is 56.1 Å². The van der Waals surface area contributed by atoms with Crippen LogP contribution in [0, 0.1) is 5.92 Å². The largest absolute Gasteiger partial charge is 1.00 e. The van der Waals surface area contributed by atoms with Gasteiger partial charge >= 0.3 is 51.4 Å². The molecule has 5 heteroatoms.